The van der Waals surface area contributed by atoms with E-state index in [2.05, 4.69) is 127 Å². The number of para-hydroxylation sites is 1. The van der Waals surface area contributed by atoms with E-state index in [1.54, 1.807) is 0 Å². The van der Waals surface area contributed by atoms with Gasteiger partial charge in [-0.05, 0) is 91.0 Å². The van der Waals surface area contributed by atoms with E-state index >= 15 is 0 Å². The molecule has 0 saturated carbocycles. The van der Waals surface area contributed by atoms with Crippen LogP contribution in [0.3, 0.4) is 0 Å². The number of fused-ring (bicyclic) bond motifs is 13. The highest BCUT2D eigenvalue weighted by atomic mass is 16.4. The van der Waals surface area contributed by atoms with E-state index in [0.717, 1.165) is 55.0 Å². The average molecular weight is 561 g/mol. The molecule has 0 spiro atoms. The summed E-state index contributed by atoms with van der Waals surface area (Å²) in [7, 11) is 0. The highest BCUT2D eigenvalue weighted by Gasteiger charge is 2.18. The lowest BCUT2D eigenvalue weighted by atomic mass is 9.91. The van der Waals surface area contributed by atoms with Gasteiger partial charge in [-0.3, -0.25) is 0 Å². The largest absolute Gasteiger partial charge is 0.452 e. The van der Waals surface area contributed by atoms with Crippen LogP contribution in [0.5, 0.6) is 0 Å². The second kappa shape index (κ2) is 8.82. The summed E-state index contributed by atoms with van der Waals surface area (Å²) in [6.45, 7) is 0. The van der Waals surface area contributed by atoms with Crippen molar-refractivity contribution in [2.45, 2.75) is 0 Å². The summed E-state index contributed by atoms with van der Waals surface area (Å²) in [5, 5.41) is 12.1. The molecular weight excluding hydrogens is 536 g/mol. The Morgan fingerprint density at radius 1 is 0.295 bits per heavy atom. The van der Waals surface area contributed by atoms with Crippen LogP contribution in [-0.2, 0) is 0 Å². The predicted molar refractivity (Wildman–Crippen MR) is 184 cm³/mol. The normalized spacial score (nSPS) is 12.1. The van der Waals surface area contributed by atoms with E-state index in [0.29, 0.717) is 0 Å². The van der Waals surface area contributed by atoms with Crippen molar-refractivity contribution < 1.29 is 8.83 Å². The third kappa shape index (κ3) is 3.25. The summed E-state index contributed by atoms with van der Waals surface area (Å²) < 4.78 is 12.8. The minimum atomic E-state index is 0.797. The Balaban J connectivity index is 1.18. The lowest BCUT2D eigenvalue weighted by Crippen LogP contribution is -1.86. The van der Waals surface area contributed by atoms with Crippen LogP contribution in [0.25, 0.3) is 98.4 Å². The Kier molecular flexibility index (Phi) is 4.75. The van der Waals surface area contributed by atoms with Gasteiger partial charge >= 0.3 is 0 Å². The van der Waals surface area contributed by atoms with Gasteiger partial charge in [0, 0.05) is 21.5 Å². The van der Waals surface area contributed by atoms with Crippen molar-refractivity contribution in [2.24, 2.45) is 0 Å². The zero-order chi connectivity index (χ0) is 28.8. The third-order valence-electron chi connectivity index (χ3n) is 9.26. The van der Waals surface area contributed by atoms with Crippen LogP contribution in [0, 0.1) is 0 Å². The number of rotatable bonds is 2. The van der Waals surface area contributed by atoms with Gasteiger partial charge in [0.05, 0.1) is 0 Å². The number of hydrogen-bond donors (Lipinski definition) is 0. The van der Waals surface area contributed by atoms with Gasteiger partial charge in [0.25, 0.3) is 0 Å². The molecule has 0 aliphatic heterocycles. The number of benzene rings is 8. The second-order valence-corrected chi connectivity index (χ2v) is 11.6. The van der Waals surface area contributed by atoms with Crippen molar-refractivity contribution in [3.8, 4) is 22.3 Å². The van der Waals surface area contributed by atoms with Crippen molar-refractivity contribution in [1.82, 2.24) is 0 Å². The molecule has 0 saturated heterocycles. The van der Waals surface area contributed by atoms with E-state index < -0.39 is 0 Å². The van der Waals surface area contributed by atoms with Crippen LogP contribution >= 0.6 is 0 Å². The molecule has 0 aliphatic rings. The maximum Gasteiger partial charge on any atom is 0.178 e. The fraction of sp³-hybridized carbons (Fsp3) is 0. The highest BCUT2D eigenvalue weighted by Crippen LogP contribution is 2.43. The maximum atomic E-state index is 6.50. The molecule has 44 heavy (non-hydrogen) atoms. The van der Waals surface area contributed by atoms with E-state index in [1.807, 2.05) is 18.2 Å². The molecule has 0 bridgehead atoms. The topological polar surface area (TPSA) is 26.3 Å². The van der Waals surface area contributed by atoms with Crippen LogP contribution in [0.15, 0.2) is 154 Å². The van der Waals surface area contributed by atoms with E-state index in [1.165, 1.54) is 43.4 Å². The SMILES string of the molecule is c1cc(-c2ccc3c4ccccc4c4ccccc4c3c2)cc(-c2cccc3oc4c(ccc5c6ccccc6oc54)c23)c1. The van der Waals surface area contributed by atoms with Crippen LogP contribution in [0.1, 0.15) is 0 Å². The van der Waals surface area contributed by atoms with Crippen molar-refractivity contribution in [2.75, 3.05) is 0 Å². The lowest BCUT2D eigenvalue weighted by Gasteiger charge is -2.13. The molecule has 0 aliphatic carbocycles. The highest BCUT2D eigenvalue weighted by molar-refractivity contribution is 6.26. The molecule has 2 heteroatoms. The Morgan fingerprint density at radius 2 is 0.818 bits per heavy atom. The van der Waals surface area contributed by atoms with Gasteiger partial charge in [-0.2, -0.15) is 0 Å². The summed E-state index contributed by atoms with van der Waals surface area (Å²) in [5.41, 5.74) is 8.03. The molecular formula is C42H24O2. The maximum absolute atomic E-state index is 6.50. The molecule has 2 nitrogen and oxygen atoms in total. The standard InChI is InChI=1S/C42H24O2/c1-2-13-31-29(11-1)30-12-3-4-14-32(30)37-24-26(19-20-33(31)37)25-9-7-10-27(23-25)28-16-8-18-39-40(28)36-22-21-35-34-15-5-6-17-38(34)43-41(35)42(36)44-39/h1-24H. The molecule has 204 valence electrons. The third-order valence-corrected chi connectivity index (χ3v) is 9.26. The summed E-state index contributed by atoms with van der Waals surface area (Å²) in [6, 6.07) is 52.1. The first-order chi connectivity index (χ1) is 21.8. The van der Waals surface area contributed by atoms with Gasteiger partial charge in [0.15, 0.2) is 11.2 Å². The van der Waals surface area contributed by atoms with E-state index in [4.69, 9.17) is 8.83 Å². The molecule has 0 fully saturated rings. The predicted octanol–water partition coefficient (Wildman–Crippen LogP) is 12.3. The Morgan fingerprint density at radius 3 is 1.61 bits per heavy atom. The van der Waals surface area contributed by atoms with Crippen LogP contribution in [-0.4, -0.2) is 0 Å². The first kappa shape index (κ1) is 23.7. The minimum Gasteiger partial charge on any atom is -0.452 e. The molecule has 0 unspecified atom stereocenters. The Labute approximate surface area is 252 Å². The zero-order valence-corrected chi connectivity index (χ0v) is 23.7. The fourth-order valence-corrected chi connectivity index (χ4v) is 7.26. The first-order valence-corrected chi connectivity index (χ1v) is 15.0. The molecule has 8 aromatic carbocycles. The second-order valence-electron chi connectivity index (χ2n) is 11.6. The summed E-state index contributed by atoms with van der Waals surface area (Å²) in [4.78, 5) is 0. The average Bonchev–Trinajstić information content (AvgIpc) is 3.67. The molecule has 2 aromatic heterocycles. The molecule has 0 N–H and O–H groups in total. The smallest absolute Gasteiger partial charge is 0.178 e. The lowest BCUT2D eigenvalue weighted by molar-refractivity contribution is 0.633. The van der Waals surface area contributed by atoms with Gasteiger partial charge < -0.3 is 8.83 Å². The van der Waals surface area contributed by atoms with Crippen LogP contribution in [0.2, 0.25) is 0 Å². The molecule has 0 amide bonds. The Hall–Kier alpha value is -5.86. The fourth-order valence-electron chi connectivity index (χ4n) is 7.26. The van der Waals surface area contributed by atoms with Crippen molar-refractivity contribution >= 4 is 76.2 Å². The van der Waals surface area contributed by atoms with Gasteiger partial charge in [0.2, 0.25) is 0 Å². The van der Waals surface area contributed by atoms with E-state index in [-0.39, 0.29) is 0 Å². The monoisotopic (exact) mass is 560 g/mol. The molecule has 10 rings (SSSR count). The summed E-state index contributed by atoms with van der Waals surface area (Å²) >= 11 is 0. The van der Waals surface area contributed by atoms with Crippen LogP contribution in [0.4, 0.5) is 0 Å². The summed E-state index contributed by atoms with van der Waals surface area (Å²) in [5.74, 6) is 0. The number of furan rings is 2. The molecule has 10 aromatic rings. The zero-order valence-electron chi connectivity index (χ0n) is 23.7. The summed E-state index contributed by atoms with van der Waals surface area (Å²) in [6.07, 6.45) is 0. The van der Waals surface area contributed by atoms with Gasteiger partial charge in [0.1, 0.15) is 11.2 Å². The Bertz CT molecular complexity index is 2740. The van der Waals surface area contributed by atoms with Crippen molar-refractivity contribution in [3.05, 3.63) is 146 Å². The molecule has 0 atom stereocenters. The molecule has 2 heterocycles. The van der Waals surface area contributed by atoms with Crippen molar-refractivity contribution in [3.63, 3.8) is 0 Å². The van der Waals surface area contributed by atoms with E-state index in [9.17, 15) is 0 Å². The number of hydrogen-bond acceptors (Lipinski definition) is 2. The van der Waals surface area contributed by atoms with Gasteiger partial charge in [-0.25, -0.2) is 0 Å². The minimum absolute atomic E-state index is 0.797. The molecule has 0 radical (unpaired) electrons. The van der Waals surface area contributed by atoms with Gasteiger partial charge in [-0.15, -0.1) is 0 Å². The van der Waals surface area contributed by atoms with Gasteiger partial charge in [-0.1, -0.05) is 109 Å². The first-order valence-electron chi connectivity index (χ1n) is 15.0. The van der Waals surface area contributed by atoms with Crippen LogP contribution < -0.4 is 0 Å². The van der Waals surface area contributed by atoms with Crippen molar-refractivity contribution in [1.29, 1.82) is 0 Å². The quantitative estimate of drug-likeness (QED) is 0.197.